The maximum Gasteiger partial charge on any atom is 0.410 e. The molecule has 4 atom stereocenters. The van der Waals surface area contributed by atoms with E-state index in [1.165, 1.54) is 5.56 Å². The Hall–Kier alpha value is -4.47. The molecule has 5 heterocycles. The van der Waals surface area contributed by atoms with Crippen LogP contribution in [-0.2, 0) is 31.8 Å². The van der Waals surface area contributed by atoms with E-state index in [4.69, 9.17) is 28.7 Å². The highest BCUT2D eigenvalue weighted by Gasteiger charge is 2.41. The first-order chi connectivity index (χ1) is 27.6. The van der Waals surface area contributed by atoms with Crippen molar-refractivity contribution in [2.75, 3.05) is 40.4 Å². The number of fused-ring (bicyclic) bond motifs is 2. The second-order valence-electron chi connectivity index (χ2n) is 17.2. The molecule has 3 aromatic rings. The molecule has 4 aliphatic heterocycles. The predicted octanol–water partition coefficient (Wildman–Crippen LogP) is 8.71. The summed E-state index contributed by atoms with van der Waals surface area (Å²) in [6.07, 6.45) is 9.49. The molecule has 0 saturated carbocycles. The van der Waals surface area contributed by atoms with E-state index in [0.717, 1.165) is 66.5 Å². The number of ether oxygens (including phenoxy) is 4. The second kappa shape index (κ2) is 21.9. The predicted molar refractivity (Wildman–Crippen MR) is 232 cm³/mol. The number of carbonyl (C=O) groups is 3. The topological polar surface area (TPSA) is 170 Å². The smallest absolute Gasteiger partial charge is 0.410 e. The van der Waals surface area contributed by atoms with Crippen LogP contribution < -0.4 is 5.90 Å². The molecule has 2 fully saturated rings. The quantitative estimate of drug-likeness (QED) is 0.138. The van der Waals surface area contributed by atoms with Gasteiger partial charge in [-0.2, -0.15) is 0 Å². The van der Waals surface area contributed by atoms with Gasteiger partial charge in [-0.3, -0.25) is 4.79 Å². The van der Waals surface area contributed by atoms with Crippen molar-refractivity contribution in [2.45, 2.75) is 123 Å². The summed E-state index contributed by atoms with van der Waals surface area (Å²) in [7, 11) is 3.77. The van der Waals surface area contributed by atoms with Gasteiger partial charge in [-0.25, -0.2) is 15.5 Å². The molecule has 0 bridgehead atoms. The summed E-state index contributed by atoms with van der Waals surface area (Å²) in [5.74, 6) is 4.25. The van der Waals surface area contributed by atoms with Gasteiger partial charge in [0.15, 0.2) is 11.5 Å². The molecule has 332 valence electrons. The van der Waals surface area contributed by atoms with E-state index < -0.39 is 11.2 Å². The molecule has 2 saturated heterocycles. The van der Waals surface area contributed by atoms with Gasteiger partial charge in [0, 0.05) is 56.7 Å². The van der Waals surface area contributed by atoms with E-state index in [2.05, 4.69) is 23.2 Å². The lowest BCUT2D eigenvalue weighted by Gasteiger charge is -2.36. The molecule has 0 spiro atoms. The summed E-state index contributed by atoms with van der Waals surface area (Å²) in [5, 5.41) is 10.3. The van der Waals surface area contributed by atoms with Crippen molar-refractivity contribution in [1.82, 2.24) is 19.9 Å². The fourth-order valence-corrected chi connectivity index (χ4v) is 7.90. The number of halogens is 1. The van der Waals surface area contributed by atoms with Crippen molar-refractivity contribution in [3.63, 3.8) is 0 Å². The van der Waals surface area contributed by atoms with Crippen LogP contribution in [0.15, 0.2) is 65.5 Å². The van der Waals surface area contributed by atoms with Crippen molar-refractivity contribution >= 4 is 30.4 Å². The van der Waals surface area contributed by atoms with Crippen LogP contribution in [0.3, 0.4) is 0 Å². The maximum atomic E-state index is 12.7. The minimum Gasteiger partial charge on any atom is -0.444 e. The molecule has 7 rings (SSSR count). The lowest BCUT2D eigenvalue weighted by Crippen LogP contribution is -2.44. The van der Waals surface area contributed by atoms with Crippen molar-refractivity contribution in [2.24, 2.45) is 5.90 Å². The Morgan fingerprint density at radius 2 is 1.30 bits per heavy atom. The SMILES string of the molecule is C.CC(C)(C)OC(=O)N1CCC[C@H]1[C@H]1OCCc2cc(-c3ccno3)ccc21.CN(C)/C=C/C(=O)c1ccc2c(c1)CCO[C@@H]2[C@@H]1CCCN1C(=O)OC(C)(C)C.Cl.NO. The third kappa shape index (κ3) is 12.8. The Morgan fingerprint density at radius 3 is 1.77 bits per heavy atom. The third-order valence-electron chi connectivity index (χ3n) is 10.3. The van der Waals surface area contributed by atoms with E-state index in [0.29, 0.717) is 31.9 Å². The highest BCUT2D eigenvalue weighted by atomic mass is 35.5. The molecule has 1 aromatic heterocycles. The summed E-state index contributed by atoms with van der Waals surface area (Å²) in [6.45, 7) is 14.0. The van der Waals surface area contributed by atoms with Crippen LogP contribution in [0.1, 0.15) is 119 Å². The first-order valence-corrected chi connectivity index (χ1v) is 20.1. The zero-order chi connectivity index (χ0) is 42.2. The second-order valence-corrected chi connectivity index (χ2v) is 17.2. The molecule has 4 aliphatic rings. The van der Waals surface area contributed by atoms with Gasteiger partial charge in [0.05, 0.1) is 31.5 Å². The zero-order valence-electron chi connectivity index (χ0n) is 35.6. The number of amides is 2. The largest absolute Gasteiger partial charge is 0.444 e. The minimum absolute atomic E-state index is 0. The van der Waals surface area contributed by atoms with Gasteiger partial charge in [0.2, 0.25) is 0 Å². The summed E-state index contributed by atoms with van der Waals surface area (Å²) in [6, 6.07) is 13.9. The lowest BCUT2D eigenvalue weighted by molar-refractivity contribution is -0.0267. The molecule has 3 N–H and O–H groups in total. The lowest BCUT2D eigenvalue weighted by atomic mass is 9.90. The van der Waals surface area contributed by atoms with Gasteiger partial charge in [-0.1, -0.05) is 36.8 Å². The van der Waals surface area contributed by atoms with Crippen molar-refractivity contribution in [3.8, 4) is 11.3 Å². The Morgan fingerprint density at radius 1 is 0.800 bits per heavy atom. The number of allylic oxidation sites excluding steroid dienone is 1. The number of hydrogen-bond acceptors (Lipinski definition) is 12. The van der Waals surface area contributed by atoms with Gasteiger partial charge in [-0.15, -0.1) is 12.4 Å². The van der Waals surface area contributed by atoms with Crippen LogP contribution in [-0.4, -0.2) is 107 Å². The fraction of sp³-hybridized carbons (Fsp3) is 0.556. The molecule has 2 aromatic carbocycles. The van der Waals surface area contributed by atoms with E-state index in [1.54, 1.807) is 18.5 Å². The number of likely N-dealkylation sites (tertiary alicyclic amines) is 2. The van der Waals surface area contributed by atoms with Crippen LogP contribution in [0.4, 0.5) is 9.59 Å². The van der Waals surface area contributed by atoms with E-state index in [9.17, 15) is 14.4 Å². The Labute approximate surface area is 361 Å². The Balaban J connectivity index is 0.000000299. The number of carbonyl (C=O) groups excluding carboxylic acids is 3. The number of benzene rings is 2. The number of ketones is 1. The average molecular weight is 857 g/mol. The van der Waals surface area contributed by atoms with Crippen LogP contribution in [0.2, 0.25) is 0 Å². The normalized spacial score (nSPS) is 20.8. The first kappa shape index (κ1) is 49.9. The van der Waals surface area contributed by atoms with Gasteiger partial charge in [0.25, 0.3) is 0 Å². The molecule has 2 amide bonds. The number of hydrogen-bond donors (Lipinski definition) is 2. The molecular weight excluding hydrogens is 790 g/mol. The monoisotopic (exact) mass is 855 g/mol. The number of nitrogens with zero attached hydrogens (tertiary/aromatic N) is 4. The Bertz CT molecular complexity index is 1890. The molecule has 0 radical (unpaired) electrons. The number of nitrogens with two attached hydrogens (primary N) is 1. The van der Waals surface area contributed by atoms with E-state index >= 15 is 0 Å². The van der Waals surface area contributed by atoms with Crippen LogP contribution >= 0.6 is 12.4 Å². The van der Waals surface area contributed by atoms with Crippen molar-refractivity contribution in [3.05, 3.63) is 88.8 Å². The standard InChI is InChI=1S/C23H32N2O4.C21H26N2O4.CH4.ClH.H3NO/c1-23(2,3)29-22(27)25-12-6-7-19(25)21-18-9-8-17(15-16(18)11-14-28-21)20(26)10-13-24(4)5;1-21(2,3)26-20(24)23-11-4-5-17(23)19-16-7-6-15(18-8-10-22-27-18)13-14(16)9-12-25-19;;;1-2/h8-10,13,15,19,21H,6-7,11-12,14H2,1-5H3;6-8,10,13,17,19H,4-5,9,11-12H2,1-3H3;1H4;1H;2H,1H2/b13-10+;;;;/t19-,21-;17-,19-;;;/m00.../s1. The first-order valence-electron chi connectivity index (χ1n) is 20.1. The van der Waals surface area contributed by atoms with E-state index in [-0.39, 0.29) is 62.1 Å². The molecule has 60 heavy (non-hydrogen) atoms. The van der Waals surface area contributed by atoms with Crippen molar-refractivity contribution in [1.29, 1.82) is 0 Å². The fourth-order valence-electron chi connectivity index (χ4n) is 7.90. The maximum absolute atomic E-state index is 12.7. The van der Waals surface area contributed by atoms with Gasteiger partial charge < -0.3 is 43.4 Å². The molecule has 0 aliphatic carbocycles. The van der Waals surface area contributed by atoms with Crippen LogP contribution in [0.5, 0.6) is 0 Å². The van der Waals surface area contributed by atoms with Gasteiger partial charge in [-0.05, 0) is 114 Å². The molecule has 0 unspecified atom stereocenters. The third-order valence-corrected chi connectivity index (χ3v) is 10.3. The summed E-state index contributed by atoms with van der Waals surface area (Å²) in [4.78, 5) is 43.3. The summed E-state index contributed by atoms with van der Waals surface area (Å²) in [5.41, 5.74) is 5.28. The zero-order valence-corrected chi connectivity index (χ0v) is 36.5. The highest BCUT2D eigenvalue weighted by Crippen LogP contribution is 2.40. The molecule has 15 heteroatoms. The van der Waals surface area contributed by atoms with Gasteiger partial charge >= 0.3 is 12.2 Å². The molecular formula is C45H66ClN5O9. The molecule has 14 nitrogen and oxygen atoms in total. The van der Waals surface area contributed by atoms with Crippen LogP contribution in [0, 0.1) is 0 Å². The highest BCUT2D eigenvalue weighted by molar-refractivity contribution is 6.04. The van der Waals surface area contributed by atoms with Crippen molar-refractivity contribution < 1.29 is 43.1 Å². The number of rotatable bonds is 6. The van der Waals surface area contributed by atoms with Crippen LogP contribution in [0.25, 0.3) is 11.3 Å². The van der Waals surface area contributed by atoms with Gasteiger partial charge in [0.1, 0.15) is 23.4 Å². The summed E-state index contributed by atoms with van der Waals surface area (Å²) < 4.78 is 28.8. The van der Waals surface area contributed by atoms with E-state index in [1.807, 2.05) is 101 Å². The Kier molecular flexibility index (Phi) is 18.2. The average Bonchev–Trinajstić information content (AvgIpc) is 3.99. The summed E-state index contributed by atoms with van der Waals surface area (Å²) >= 11 is 0. The number of aromatic nitrogens is 1. The minimum atomic E-state index is -0.523.